The summed E-state index contributed by atoms with van der Waals surface area (Å²) in [4.78, 5) is 23.8. The first-order valence-electron chi connectivity index (χ1n) is 7.96. The van der Waals surface area contributed by atoms with Gasteiger partial charge in [-0.3, -0.25) is 9.59 Å². The lowest BCUT2D eigenvalue weighted by molar-refractivity contribution is -0.118. The third-order valence-corrected chi connectivity index (χ3v) is 3.31. The number of hydrogen-bond donors (Lipinski definition) is 2. The topological polar surface area (TPSA) is 67.4 Å². The van der Waals surface area contributed by atoms with Gasteiger partial charge < -0.3 is 15.4 Å². The zero-order valence-electron chi connectivity index (χ0n) is 14.0. The average molecular weight is 326 g/mol. The highest BCUT2D eigenvalue weighted by molar-refractivity contribution is 5.99. The van der Waals surface area contributed by atoms with E-state index >= 15 is 0 Å². The van der Waals surface area contributed by atoms with Gasteiger partial charge in [-0.25, -0.2) is 0 Å². The number of benzene rings is 2. The summed E-state index contributed by atoms with van der Waals surface area (Å²) in [5.74, 6) is 0.290. The van der Waals surface area contributed by atoms with Crippen LogP contribution >= 0.6 is 0 Å². The van der Waals surface area contributed by atoms with Gasteiger partial charge in [0.1, 0.15) is 5.75 Å². The Morgan fingerprint density at radius 2 is 1.62 bits per heavy atom. The third-order valence-electron chi connectivity index (χ3n) is 3.31. The molecule has 0 saturated carbocycles. The Labute approximate surface area is 142 Å². The lowest BCUT2D eigenvalue weighted by atomic mass is 10.2. The standard InChI is InChI=1S/C19H22N2O3/c1-3-7-18(22)20-16-10-4-5-11-17(16)21-19(23)13-24-15-9-6-8-14(2)12-15/h4-6,8-12H,3,7,13H2,1-2H3,(H,20,22)(H,21,23). The van der Waals surface area contributed by atoms with Gasteiger partial charge in [0, 0.05) is 6.42 Å². The molecule has 5 heteroatoms. The van der Waals surface area contributed by atoms with Crippen LogP contribution in [0.5, 0.6) is 5.75 Å². The summed E-state index contributed by atoms with van der Waals surface area (Å²) in [5, 5.41) is 5.57. The minimum atomic E-state index is -0.284. The first-order chi connectivity index (χ1) is 11.6. The number of anilines is 2. The summed E-state index contributed by atoms with van der Waals surface area (Å²) in [6.07, 6.45) is 1.21. The Balaban J connectivity index is 1.95. The maximum absolute atomic E-state index is 12.1. The van der Waals surface area contributed by atoms with Crippen molar-refractivity contribution in [3.8, 4) is 5.75 Å². The van der Waals surface area contributed by atoms with Gasteiger partial charge in [-0.15, -0.1) is 0 Å². The summed E-state index contributed by atoms with van der Waals surface area (Å²) >= 11 is 0. The van der Waals surface area contributed by atoms with Gasteiger partial charge in [-0.1, -0.05) is 31.2 Å². The molecule has 2 rings (SSSR count). The van der Waals surface area contributed by atoms with Gasteiger partial charge in [0.05, 0.1) is 11.4 Å². The molecule has 0 aliphatic heterocycles. The molecule has 2 N–H and O–H groups in total. The van der Waals surface area contributed by atoms with E-state index in [4.69, 9.17) is 4.74 Å². The van der Waals surface area contributed by atoms with Gasteiger partial charge in [0.25, 0.3) is 5.91 Å². The molecule has 0 radical (unpaired) electrons. The van der Waals surface area contributed by atoms with Crippen LogP contribution in [0.2, 0.25) is 0 Å². The van der Waals surface area contributed by atoms with E-state index in [1.807, 2.05) is 32.0 Å². The third kappa shape index (κ3) is 5.43. The van der Waals surface area contributed by atoms with Gasteiger partial charge >= 0.3 is 0 Å². The number of nitrogens with one attached hydrogen (secondary N) is 2. The van der Waals surface area contributed by atoms with E-state index in [1.54, 1.807) is 30.3 Å². The highest BCUT2D eigenvalue weighted by Gasteiger charge is 2.09. The molecule has 0 aliphatic carbocycles. The van der Waals surface area contributed by atoms with Gasteiger partial charge in [-0.2, -0.15) is 0 Å². The summed E-state index contributed by atoms with van der Waals surface area (Å²) < 4.78 is 5.48. The average Bonchev–Trinajstić information content (AvgIpc) is 2.55. The molecule has 5 nitrogen and oxygen atoms in total. The maximum Gasteiger partial charge on any atom is 0.262 e. The summed E-state index contributed by atoms with van der Waals surface area (Å²) in [7, 11) is 0. The SMILES string of the molecule is CCCC(=O)Nc1ccccc1NC(=O)COc1cccc(C)c1. The van der Waals surface area contributed by atoms with Crippen LogP contribution in [0.25, 0.3) is 0 Å². The number of carbonyl (C=O) groups is 2. The van der Waals surface area contributed by atoms with Gasteiger partial charge in [0.2, 0.25) is 5.91 Å². The van der Waals surface area contributed by atoms with Crippen molar-refractivity contribution in [3.05, 3.63) is 54.1 Å². The molecule has 126 valence electrons. The minimum absolute atomic E-state index is 0.0739. The molecule has 2 aromatic rings. The van der Waals surface area contributed by atoms with Crippen molar-refractivity contribution < 1.29 is 14.3 Å². The van der Waals surface area contributed by atoms with Crippen LogP contribution in [0.1, 0.15) is 25.3 Å². The smallest absolute Gasteiger partial charge is 0.262 e. The summed E-state index contributed by atoms with van der Waals surface area (Å²) in [6, 6.07) is 14.6. The van der Waals surface area contributed by atoms with Crippen molar-refractivity contribution in [3.63, 3.8) is 0 Å². The van der Waals surface area contributed by atoms with E-state index < -0.39 is 0 Å². The molecule has 24 heavy (non-hydrogen) atoms. The van der Waals surface area contributed by atoms with Crippen molar-refractivity contribution in [2.24, 2.45) is 0 Å². The zero-order valence-corrected chi connectivity index (χ0v) is 14.0. The van der Waals surface area contributed by atoms with Crippen LogP contribution in [0.4, 0.5) is 11.4 Å². The molecule has 2 amide bonds. The fourth-order valence-electron chi connectivity index (χ4n) is 2.18. The van der Waals surface area contributed by atoms with E-state index in [0.29, 0.717) is 23.5 Å². The van der Waals surface area contributed by atoms with Crippen LogP contribution < -0.4 is 15.4 Å². The molecule has 0 saturated heterocycles. The fraction of sp³-hybridized carbons (Fsp3) is 0.263. The quantitative estimate of drug-likeness (QED) is 0.814. The van der Waals surface area contributed by atoms with Crippen LogP contribution in [0.3, 0.4) is 0 Å². The molecular formula is C19H22N2O3. The van der Waals surface area contributed by atoms with Crippen molar-refractivity contribution in [2.45, 2.75) is 26.7 Å². The zero-order chi connectivity index (χ0) is 17.4. The predicted octanol–water partition coefficient (Wildman–Crippen LogP) is 3.75. The second-order valence-corrected chi connectivity index (χ2v) is 5.50. The molecule has 0 unspecified atom stereocenters. The number of aryl methyl sites for hydroxylation is 1. The van der Waals surface area contributed by atoms with Crippen LogP contribution in [-0.2, 0) is 9.59 Å². The van der Waals surface area contributed by atoms with E-state index in [-0.39, 0.29) is 18.4 Å². The lowest BCUT2D eigenvalue weighted by Gasteiger charge is -2.12. The summed E-state index contributed by atoms with van der Waals surface area (Å²) in [5.41, 5.74) is 2.21. The normalized spacial score (nSPS) is 10.1. The number of amides is 2. The number of hydrogen-bond acceptors (Lipinski definition) is 3. The van der Waals surface area contributed by atoms with Gasteiger partial charge in [-0.05, 0) is 43.2 Å². The maximum atomic E-state index is 12.1. The first kappa shape index (κ1) is 17.5. The van der Waals surface area contributed by atoms with Crippen molar-refractivity contribution in [2.75, 3.05) is 17.2 Å². The van der Waals surface area contributed by atoms with Crippen LogP contribution in [0.15, 0.2) is 48.5 Å². The Kier molecular flexibility index (Phi) is 6.37. The van der Waals surface area contributed by atoms with Crippen molar-refractivity contribution in [1.82, 2.24) is 0 Å². The molecule has 0 fully saturated rings. The summed E-state index contributed by atoms with van der Waals surface area (Å²) in [6.45, 7) is 3.80. The molecule has 0 heterocycles. The Morgan fingerprint density at radius 3 is 2.25 bits per heavy atom. The molecule has 2 aromatic carbocycles. The van der Waals surface area contributed by atoms with E-state index in [0.717, 1.165) is 12.0 Å². The molecule has 0 spiro atoms. The number of carbonyl (C=O) groups excluding carboxylic acids is 2. The molecule has 0 aromatic heterocycles. The Hall–Kier alpha value is -2.82. The molecule has 0 bridgehead atoms. The van der Waals surface area contributed by atoms with Crippen molar-refractivity contribution >= 4 is 23.2 Å². The van der Waals surface area contributed by atoms with Gasteiger partial charge in [0.15, 0.2) is 6.61 Å². The van der Waals surface area contributed by atoms with E-state index in [1.165, 1.54) is 0 Å². The molecular weight excluding hydrogens is 304 g/mol. The molecule has 0 aliphatic rings. The largest absolute Gasteiger partial charge is 0.484 e. The highest BCUT2D eigenvalue weighted by atomic mass is 16.5. The second-order valence-electron chi connectivity index (χ2n) is 5.50. The van der Waals surface area contributed by atoms with Crippen LogP contribution in [0, 0.1) is 6.92 Å². The Bertz CT molecular complexity index is 713. The van der Waals surface area contributed by atoms with E-state index in [9.17, 15) is 9.59 Å². The monoisotopic (exact) mass is 326 g/mol. The predicted molar refractivity (Wildman–Crippen MR) is 95.3 cm³/mol. The second kappa shape index (κ2) is 8.72. The number of para-hydroxylation sites is 2. The minimum Gasteiger partial charge on any atom is -0.484 e. The van der Waals surface area contributed by atoms with Crippen LogP contribution in [-0.4, -0.2) is 18.4 Å². The fourth-order valence-corrected chi connectivity index (χ4v) is 2.18. The highest BCUT2D eigenvalue weighted by Crippen LogP contribution is 2.21. The first-order valence-corrected chi connectivity index (χ1v) is 7.96. The number of ether oxygens (including phenoxy) is 1. The molecule has 0 atom stereocenters. The lowest BCUT2D eigenvalue weighted by Crippen LogP contribution is -2.21. The van der Waals surface area contributed by atoms with Crippen molar-refractivity contribution in [1.29, 1.82) is 0 Å². The Morgan fingerprint density at radius 1 is 0.958 bits per heavy atom. The number of rotatable bonds is 7. The van der Waals surface area contributed by atoms with E-state index in [2.05, 4.69) is 10.6 Å².